The molecule has 1 saturated carbocycles. The molecule has 82 valence electrons. The number of anilines is 1. The van der Waals surface area contributed by atoms with E-state index in [2.05, 4.69) is 15.3 Å². The molecule has 1 aromatic heterocycles. The highest BCUT2D eigenvalue weighted by atomic mass is 16.3. The van der Waals surface area contributed by atoms with Crippen molar-refractivity contribution in [2.75, 3.05) is 11.9 Å². The molecule has 1 aliphatic rings. The van der Waals surface area contributed by atoms with Gasteiger partial charge in [0.05, 0.1) is 12.1 Å². The Bertz CT molecular complexity index is 335. The standard InChI is InChI=1S/C11H17N3O/c1-8-6-9(2)13-10(12-8)14-11(7-15)4-3-5-11/h6,15H,3-5,7H2,1-2H3,(H,12,13,14). The lowest BCUT2D eigenvalue weighted by Gasteiger charge is -2.40. The van der Waals surface area contributed by atoms with Crippen LogP contribution in [-0.4, -0.2) is 27.2 Å². The normalized spacial score (nSPS) is 18.3. The van der Waals surface area contributed by atoms with E-state index in [0.29, 0.717) is 5.95 Å². The molecule has 0 unspecified atom stereocenters. The predicted molar refractivity (Wildman–Crippen MR) is 58.8 cm³/mol. The third-order valence-electron chi connectivity index (χ3n) is 2.97. The number of hydrogen-bond acceptors (Lipinski definition) is 4. The van der Waals surface area contributed by atoms with Gasteiger partial charge in [0.25, 0.3) is 0 Å². The summed E-state index contributed by atoms with van der Waals surface area (Å²) in [6.45, 7) is 4.06. The Kier molecular flexibility index (Phi) is 2.61. The van der Waals surface area contributed by atoms with E-state index in [9.17, 15) is 5.11 Å². The van der Waals surface area contributed by atoms with Gasteiger partial charge in [0, 0.05) is 11.4 Å². The van der Waals surface area contributed by atoms with Crippen LogP contribution in [0, 0.1) is 13.8 Å². The van der Waals surface area contributed by atoms with Crippen LogP contribution in [0.2, 0.25) is 0 Å². The summed E-state index contributed by atoms with van der Waals surface area (Å²) < 4.78 is 0. The van der Waals surface area contributed by atoms with Gasteiger partial charge in [-0.05, 0) is 39.2 Å². The quantitative estimate of drug-likeness (QED) is 0.787. The number of aromatic nitrogens is 2. The molecule has 0 bridgehead atoms. The fourth-order valence-corrected chi connectivity index (χ4v) is 1.95. The van der Waals surface area contributed by atoms with Crippen molar-refractivity contribution in [1.82, 2.24) is 9.97 Å². The second-order valence-corrected chi connectivity index (χ2v) is 4.39. The molecule has 1 aromatic rings. The van der Waals surface area contributed by atoms with E-state index in [0.717, 1.165) is 24.2 Å². The molecule has 1 fully saturated rings. The van der Waals surface area contributed by atoms with Crippen LogP contribution < -0.4 is 5.32 Å². The molecule has 2 N–H and O–H groups in total. The molecule has 1 aliphatic carbocycles. The summed E-state index contributed by atoms with van der Waals surface area (Å²) in [5.41, 5.74) is 1.75. The van der Waals surface area contributed by atoms with Gasteiger partial charge in [-0.3, -0.25) is 0 Å². The third kappa shape index (κ3) is 2.09. The van der Waals surface area contributed by atoms with Crippen molar-refractivity contribution in [3.05, 3.63) is 17.5 Å². The zero-order valence-corrected chi connectivity index (χ0v) is 9.25. The van der Waals surface area contributed by atoms with Crippen molar-refractivity contribution < 1.29 is 5.11 Å². The second-order valence-electron chi connectivity index (χ2n) is 4.39. The average Bonchev–Trinajstić information content (AvgIpc) is 2.10. The van der Waals surface area contributed by atoms with E-state index in [1.165, 1.54) is 6.42 Å². The molecule has 0 saturated heterocycles. The highest BCUT2D eigenvalue weighted by molar-refractivity contribution is 5.33. The Morgan fingerprint density at radius 2 is 1.93 bits per heavy atom. The maximum atomic E-state index is 9.32. The summed E-state index contributed by atoms with van der Waals surface area (Å²) in [7, 11) is 0. The summed E-state index contributed by atoms with van der Waals surface area (Å²) in [5, 5.41) is 12.6. The minimum atomic E-state index is -0.166. The molecule has 0 amide bonds. The zero-order chi connectivity index (χ0) is 10.9. The Labute approximate surface area is 89.8 Å². The molecule has 15 heavy (non-hydrogen) atoms. The molecule has 4 nitrogen and oxygen atoms in total. The van der Waals surface area contributed by atoms with Crippen LogP contribution >= 0.6 is 0 Å². The van der Waals surface area contributed by atoms with Gasteiger partial charge in [0.15, 0.2) is 0 Å². The van der Waals surface area contributed by atoms with E-state index < -0.39 is 0 Å². The molecule has 0 atom stereocenters. The predicted octanol–water partition coefficient (Wildman–Crippen LogP) is 1.42. The second kappa shape index (κ2) is 3.77. The first-order valence-electron chi connectivity index (χ1n) is 5.35. The van der Waals surface area contributed by atoms with Gasteiger partial charge >= 0.3 is 0 Å². The number of aliphatic hydroxyl groups is 1. The minimum Gasteiger partial charge on any atom is -0.394 e. The minimum absolute atomic E-state index is 0.156. The molecule has 4 heteroatoms. The van der Waals surface area contributed by atoms with Crippen molar-refractivity contribution in [2.45, 2.75) is 38.6 Å². The van der Waals surface area contributed by atoms with Crippen LogP contribution in [0.15, 0.2) is 6.07 Å². The molecule has 2 rings (SSSR count). The molecular formula is C11H17N3O. The first-order chi connectivity index (χ1) is 7.13. The summed E-state index contributed by atoms with van der Waals surface area (Å²) in [4.78, 5) is 8.63. The van der Waals surface area contributed by atoms with Crippen molar-refractivity contribution >= 4 is 5.95 Å². The number of aryl methyl sites for hydroxylation is 2. The van der Waals surface area contributed by atoms with E-state index in [4.69, 9.17) is 0 Å². The Balaban J connectivity index is 2.16. The number of hydrogen-bond donors (Lipinski definition) is 2. The molecular weight excluding hydrogens is 190 g/mol. The summed E-state index contributed by atoms with van der Waals surface area (Å²) in [6, 6.07) is 1.94. The number of aliphatic hydroxyl groups excluding tert-OH is 1. The first kappa shape index (κ1) is 10.4. The zero-order valence-electron chi connectivity index (χ0n) is 9.25. The maximum Gasteiger partial charge on any atom is 0.223 e. The van der Waals surface area contributed by atoms with E-state index in [1.807, 2.05) is 19.9 Å². The number of nitrogens with zero attached hydrogens (tertiary/aromatic N) is 2. The SMILES string of the molecule is Cc1cc(C)nc(NC2(CO)CCC2)n1. The van der Waals surface area contributed by atoms with E-state index in [1.54, 1.807) is 0 Å². The van der Waals surface area contributed by atoms with Crippen LogP contribution in [-0.2, 0) is 0 Å². The molecule has 0 radical (unpaired) electrons. The van der Waals surface area contributed by atoms with Crippen molar-refractivity contribution in [2.24, 2.45) is 0 Å². The highest BCUT2D eigenvalue weighted by Crippen LogP contribution is 2.33. The Morgan fingerprint density at radius 3 is 2.33 bits per heavy atom. The van der Waals surface area contributed by atoms with Gasteiger partial charge in [0.2, 0.25) is 5.95 Å². The van der Waals surface area contributed by atoms with Gasteiger partial charge in [-0.25, -0.2) is 9.97 Å². The molecule has 0 aromatic carbocycles. The highest BCUT2D eigenvalue weighted by Gasteiger charge is 2.36. The van der Waals surface area contributed by atoms with Crippen molar-refractivity contribution in [1.29, 1.82) is 0 Å². The fourth-order valence-electron chi connectivity index (χ4n) is 1.95. The van der Waals surface area contributed by atoms with Crippen LogP contribution in [0.4, 0.5) is 5.95 Å². The van der Waals surface area contributed by atoms with Gasteiger partial charge in [-0.15, -0.1) is 0 Å². The lowest BCUT2D eigenvalue weighted by atomic mass is 9.77. The lowest BCUT2D eigenvalue weighted by Crippen LogP contribution is -2.48. The monoisotopic (exact) mass is 207 g/mol. The molecule has 1 heterocycles. The van der Waals surface area contributed by atoms with Gasteiger partial charge in [-0.1, -0.05) is 0 Å². The van der Waals surface area contributed by atoms with Gasteiger partial charge in [0.1, 0.15) is 0 Å². The number of nitrogens with one attached hydrogen (secondary N) is 1. The fraction of sp³-hybridized carbons (Fsp3) is 0.636. The summed E-state index contributed by atoms with van der Waals surface area (Å²) in [6.07, 6.45) is 3.16. The Hall–Kier alpha value is -1.16. The molecule has 0 spiro atoms. The smallest absolute Gasteiger partial charge is 0.223 e. The summed E-state index contributed by atoms with van der Waals surface area (Å²) in [5.74, 6) is 0.640. The average molecular weight is 207 g/mol. The van der Waals surface area contributed by atoms with Crippen LogP contribution in [0.5, 0.6) is 0 Å². The largest absolute Gasteiger partial charge is 0.394 e. The first-order valence-corrected chi connectivity index (χ1v) is 5.35. The third-order valence-corrected chi connectivity index (χ3v) is 2.97. The maximum absolute atomic E-state index is 9.32. The van der Waals surface area contributed by atoms with Crippen LogP contribution in [0.1, 0.15) is 30.7 Å². The van der Waals surface area contributed by atoms with E-state index in [-0.39, 0.29) is 12.1 Å². The Morgan fingerprint density at radius 1 is 1.33 bits per heavy atom. The van der Waals surface area contributed by atoms with Crippen molar-refractivity contribution in [3.8, 4) is 0 Å². The van der Waals surface area contributed by atoms with Gasteiger partial charge < -0.3 is 10.4 Å². The topological polar surface area (TPSA) is 58.0 Å². The summed E-state index contributed by atoms with van der Waals surface area (Å²) >= 11 is 0. The van der Waals surface area contributed by atoms with E-state index >= 15 is 0 Å². The van der Waals surface area contributed by atoms with Crippen LogP contribution in [0.25, 0.3) is 0 Å². The molecule has 0 aliphatic heterocycles. The van der Waals surface area contributed by atoms with Crippen LogP contribution in [0.3, 0.4) is 0 Å². The lowest BCUT2D eigenvalue weighted by molar-refractivity contribution is 0.143. The van der Waals surface area contributed by atoms with Gasteiger partial charge in [-0.2, -0.15) is 0 Å². The number of rotatable bonds is 3. The van der Waals surface area contributed by atoms with Crippen molar-refractivity contribution in [3.63, 3.8) is 0 Å².